The molecule has 184 valence electrons. The second-order valence-electron chi connectivity index (χ2n) is 10.1. The standard InChI is InChI=1S/C28H32N2O5/c1-17-10-11-19(27(32)33)15-30(17)26(31)14-25(18-12-13-18)29-28(34)35-16-24-22-8-4-2-6-20(22)21-7-3-5-9-23(21)24/h2-9,17-19,24-25H,10-16H2,1H3,(H,29,34)(H,32,33). The van der Waals surface area contributed by atoms with Gasteiger partial charge in [0.15, 0.2) is 0 Å². The first-order valence-corrected chi connectivity index (χ1v) is 12.6. The molecule has 2 fully saturated rings. The first-order chi connectivity index (χ1) is 16.9. The highest BCUT2D eigenvalue weighted by Gasteiger charge is 2.38. The smallest absolute Gasteiger partial charge is 0.407 e. The van der Waals surface area contributed by atoms with Crippen LogP contribution >= 0.6 is 0 Å². The van der Waals surface area contributed by atoms with E-state index >= 15 is 0 Å². The third-order valence-corrected chi connectivity index (χ3v) is 7.78. The number of carboxylic acids is 1. The highest BCUT2D eigenvalue weighted by Crippen LogP contribution is 2.44. The van der Waals surface area contributed by atoms with E-state index in [1.54, 1.807) is 4.90 Å². The fourth-order valence-corrected chi connectivity index (χ4v) is 5.59. The fourth-order valence-electron chi connectivity index (χ4n) is 5.59. The Bertz CT molecular complexity index is 1080. The first-order valence-electron chi connectivity index (χ1n) is 12.6. The molecule has 0 radical (unpaired) electrons. The number of hydrogen-bond donors (Lipinski definition) is 2. The van der Waals surface area contributed by atoms with Crippen molar-refractivity contribution in [1.29, 1.82) is 0 Å². The second kappa shape index (κ2) is 9.72. The average molecular weight is 477 g/mol. The molecule has 0 aromatic heterocycles. The van der Waals surface area contributed by atoms with Gasteiger partial charge in [0.25, 0.3) is 0 Å². The third kappa shape index (κ3) is 4.90. The normalized spacial score (nSPS) is 22.1. The summed E-state index contributed by atoms with van der Waals surface area (Å²) in [6.45, 7) is 2.42. The zero-order chi connectivity index (χ0) is 24.5. The Labute approximate surface area is 205 Å². The highest BCUT2D eigenvalue weighted by molar-refractivity contribution is 5.80. The molecule has 0 bridgehead atoms. The van der Waals surface area contributed by atoms with E-state index in [0.717, 1.165) is 24.0 Å². The molecular weight excluding hydrogens is 444 g/mol. The Morgan fingerprint density at radius 2 is 1.63 bits per heavy atom. The summed E-state index contributed by atoms with van der Waals surface area (Å²) in [4.78, 5) is 39.0. The number of fused-ring (bicyclic) bond motifs is 3. The topological polar surface area (TPSA) is 95.9 Å². The fraction of sp³-hybridized carbons (Fsp3) is 0.464. The molecule has 1 saturated carbocycles. The van der Waals surface area contributed by atoms with E-state index in [4.69, 9.17) is 4.74 Å². The Hall–Kier alpha value is -3.35. The van der Waals surface area contributed by atoms with Gasteiger partial charge in [-0.25, -0.2) is 4.79 Å². The predicted octanol–water partition coefficient (Wildman–Crippen LogP) is 4.41. The van der Waals surface area contributed by atoms with Gasteiger partial charge in [0.2, 0.25) is 5.91 Å². The summed E-state index contributed by atoms with van der Waals surface area (Å²) in [5.41, 5.74) is 4.66. The second-order valence-corrected chi connectivity index (χ2v) is 10.1. The SMILES string of the molecule is CC1CCC(C(=O)O)CN1C(=O)CC(NC(=O)OCC1c2ccccc2-c2ccccc21)C1CC1. The van der Waals surface area contributed by atoms with Crippen molar-refractivity contribution in [3.63, 3.8) is 0 Å². The number of carbonyl (C=O) groups excluding carboxylic acids is 2. The van der Waals surface area contributed by atoms with Crippen molar-refractivity contribution in [2.45, 2.75) is 57.0 Å². The van der Waals surface area contributed by atoms with Gasteiger partial charge in [-0.15, -0.1) is 0 Å². The van der Waals surface area contributed by atoms with Gasteiger partial charge in [0.1, 0.15) is 6.61 Å². The molecule has 2 aliphatic carbocycles. The summed E-state index contributed by atoms with van der Waals surface area (Å²) >= 11 is 0. The number of aliphatic carboxylic acids is 1. The summed E-state index contributed by atoms with van der Waals surface area (Å²) in [7, 11) is 0. The van der Waals surface area contributed by atoms with Crippen molar-refractivity contribution in [2.24, 2.45) is 11.8 Å². The van der Waals surface area contributed by atoms with Crippen molar-refractivity contribution >= 4 is 18.0 Å². The van der Waals surface area contributed by atoms with Crippen LogP contribution in [0.25, 0.3) is 11.1 Å². The lowest BCUT2D eigenvalue weighted by Crippen LogP contribution is -2.49. The van der Waals surface area contributed by atoms with Crippen molar-refractivity contribution in [3.05, 3.63) is 59.7 Å². The summed E-state index contributed by atoms with van der Waals surface area (Å²) < 4.78 is 5.69. The van der Waals surface area contributed by atoms with Crippen molar-refractivity contribution in [1.82, 2.24) is 10.2 Å². The molecule has 3 atom stereocenters. The van der Waals surface area contributed by atoms with Crippen LogP contribution < -0.4 is 5.32 Å². The van der Waals surface area contributed by atoms with Crippen LogP contribution in [0.1, 0.15) is 56.1 Å². The number of carbonyl (C=O) groups is 3. The molecular formula is C28H32N2O5. The van der Waals surface area contributed by atoms with Crippen LogP contribution in [-0.2, 0) is 14.3 Å². The van der Waals surface area contributed by atoms with Gasteiger partial charge in [0.05, 0.1) is 5.92 Å². The number of hydrogen-bond acceptors (Lipinski definition) is 4. The molecule has 35 heavy (non-hydrogen) atoms. The maximum absolute atomic E-state index is 13.1. The number of nitrogens with zero attached hydrogens (tertiary/aromatic N) is 1. The summed E-state index contributed by atoms with van der Waals surface area (Å²) in [5, 5.41) is 12.3. The predicted molar refractivity (Wildman–Crippen MR) is 131 cm³/mol. The molecule has 1 saturated heterocycles. The molecule has 2 amide bonds. The summed E-state index contributed by atoms with van der Waals surface area (Å²) in [6.07, 6.45) is 2.86. The molecule has 1 heterocycles. The monoisotopic (exact) mass is 476 g/mol. The van der Waals surface area contributed by atoms with Crippen LogP contribution in [0, 0.1) is 11.8 Å². The molecule has 3 aliphatic rings. The van der Waals surface area contributed by atoms with Gasteiger partial charge in [0, 0.05) is 31.0 Å². The van der Waals surface area contributed by atoms with Gasteiger partial charge >= 0.3 is 12.1 Å². The van der Waals surface area contributed by atoms with Gasteiger partial charge in [-0.2, -0.15) is 0 Å². The number of amides is 2. The van der Waals surface area contributed by atoms with Crippen molar-refractivity contribution in [2.75, 3.05) is 13.2 Å². The zero-order valence-corrected chi connectivity index (χ0v) is 20.0. The molecule has 3 unspecified atom stereocenters. The average Bonchev–Trinajstić information content (AvgIpc) is 3.65. The molecule has 7 heteroatoms. The lowest BCUT2D eigenvalue weighted by molar-refractivity contribution is -0.147. The summed E-state index contributed by atoms with van der Waals surface area (Å²) in [5.74, 6) is -1.24. The minimum absolute atomic E-state index is 0.00686. The van der Waals surface area contributed by atoms with E-state index < -0.39 is 18.0 Å². The Balaban J connectivity index is 1.20. The van der Waals surface area contributed by atoms with Crippen LogP contribution in [0.5, 0.6) is 0 Å². The quantitative estimate of drug-likeness (QED) is 0.617. The number of rotatable bonds is 7. The van der Waals surface area contributed by atoms with Crippen LogP contribution in [0.4, 0.5) is 4.79 Å². The van der Waals surface area contributed by atoms with E-state index in [0.29, 0.717) is 12.8 Å². The first kappa shape index (κ1) is 23.4. The molecule has 2 aromatic rings. The number of benzene rings is 2. The lowest BCUT2D eigenvalue weighted by atomic mass is 9.92. The Morgan fingerprint density at radius 1 is 1.00 bits per heavy atom. The largest absolute Gasteiger partial charge is 0.481 e. The number of alkyl carbamates (subject to hydrolysis) is 1. The van der Waals surface area contributed by atoms with E-state index in [1.165, 1.54) is 11.1 Å². The number of ether oxygens (including phenoxy) is 1. The van der Waals surface area contributed by atoms with Gasteiger partial charge in [-0.3, -0.25) is 9.59 Å². The molecule has 0 spiro atoms. The van der Waals surface area contributed by atoms with Crippen LogP contribution in [-0.4, -0.2) is 53.2 Å². The van der Waals surface area contributed by atoms with E-state index in [2.05, 4.69) is 29.6 Å². The highest BCUT2D eigenvalue weighted by atomic mass is 16.5. The van der Waals surface area contributed by atoms with E-state index in [1.807, 2.05) is 31.2 Å². The van der Waals surface area contributed by atoms with Gasteiger partial charge < -0.3 is 20.1 Å². The molecule has 1 aliphatic heterocycles. The van der Waals surface area contributed by atoms with Crippen molar-refractivity contribution < 1.29 is 24.2 Å². The van der Waals surface area contributed by atoms with Gasteiger partial charge in [-0.1, -0.05) is 48.5 Å². The maximum atomic E-state index is 13.1. The number of piperidine rings is 1. The lowest BCUT2D eigenvalue weighted by Gasteiger charge is -2.37. The van der Waals surface area contributed by atoms with E-state index in [9.17, 15) is 19.5 Å². The number of nitrogens with one attached hydrogen (secondary N) is 1. The molecule has 7 nitrogen and oxygen atoms in total. The van der Waals surface area contributed by atoms with Crippen LogP contribution in [0.3, 0.4) is 0 Å². The van der Waals surface area contributed by atoms with E-state index in [-0.39, 0.29) is 49.4 Å². The number of likely N-dealkylation sites (tertiary alicyclic amines) is 1. The Morgan fingerprint density at radius 3 is 2.23 bits per heavy atom. The van der Waals surface area contributed by atoms with Crippen LogP contribution in [0.15, 0.2) is 48.5 Å². The molecule has 2 N–H and O–H groups in total. The molecule has 2 aromatic carbocycles. The van der Waals surface area contributed by atoms with Crippen LogP contribution in [0.2, 0.25) is 0 Å². The Kier molecular flexibility index (Phi) is 6.50. The molecule has 5 rings (SSSR count). The maximum Gasteiger partial charge on any atom is 0.407 e. The minimum atomic E-state index is -0.856. The minimum Gasteiger partial charge on any atom is -0.481 e. The summed E-state index contributed by atoms with van der Waals surface area (Å²) in [6, 6.07) is 16.1. The zero-order valence-electron chi connectivity index (χ0n) is 20.0. The van der Waals surface area contributed by atoms with Crippen molar-refractivity contribution in [3.8, 4) is 11.1 Å². The van der Waals surface area contributed by atoms with Gasteiger partial charge in [-0.05, 0) is 60.8 Å². The third-order valence-electron chi connectivity index (χ3n) is 7.78. The number of carboxylic acid groups (broad SMARTS) is 1.